The minimum absolute atomic E-state index is 0.0762. The Kier molecular flexibility index (Phi) is 4.27. The quantitative estimate of drug-likeness (QED) is 0.895. The van der Waals surface area contributed by atoms with Crippen molar-refractivity contribution in [1.29, 1.82) is 0 Å². The third-order valence-corrected chi connectivity index (χ3v) is 3.21. The van der Waals surface area contributed by atoms with Crippen LogP contribution in [-0.4, -0.2) is 12.2 Å². The van der Waals surface area contributed by atoms with Gasteiger partial charge in [0.1, 0.15) is 17.3 Å². The van der Waals surface area contributed by atoms with Crippen LogP contribution in [0.25, 0.3) is 0 Å². The highest BCUT2D eigenvalue weighted by Crippen LogP contribution is 2.28. The Hall–Kier alpha value is -1.75. The second kappa shape index (κ2) is 5.93. The Morgan fingerprint density at radius 3 is 2.68 bits per heavy atom. The highest BCUT2D eigenvalue weighted by molar-refractivity contribution is 9.10. The number of hydrogen-bond donors (Lipinski definition) is 2. The van der Waals surface area contributed by atoms with E-state index in [0.29, 0.717) is 12.1 Å². The van der Waals surface area contributed by atoms with E-state index in [1.165, 1.54) is 12.1 Å². The molecule has 0 saturated heterocycles. The van der Waals surface area contributed by atoms with Crippen molar-refractivity contribution in [2.75, 3.05) is 12.4 Å². The van der Waals surface area contributed by atoms with E-state index in [1.54, 1.807) is 7.11 Å². The molecular formula is C14H13BrFNO2. The first kappa shape index (κ1) is 13.7. The molecule has 0 spiro atoms. The monoisotopic (exact) mass is 325 g/mol. The summed E-state index contributed by atoms with van der Waals surface area (Å²) in [6.07, 6.45) is 0. The summed E-state index contributed by atoms with van der Waals surface area (Å²) in [5.74, 6) is 0.217. The smallest absolute Gasteiger partial charge is 0.133 e. The van der Waals surface area contributed by atoms with Crippen LogP contribution in [0.3, 0.4) is 0 Å². The van der Waals surface area contributed by atoms with Gasteiger partial charge in [0.15, 0.2) is 0 Å². The number of methoxy groups -OCH3 is 1. The fourth-order valence-electron chi connectivity index (χ4n) is 1.72. The molecule has 0 aliphatic heterocycles. The molecule has 2 aromatic carbocycles. The van der Waals surface area contributed by atoms with E-state index < -0.39 is 5.82 Å². The van der Waals surface area contributed by atoms with E-state index in [9.17, 15) is 9.50 Å². The normalized spacial score (nSPS) is 10.3. The molecule has 2 aromatic rings. The summed E-state index contributed by atoms with van der Waals surface area (Å²) in [4.78, 5) is 0. The average Bonchev–Trinajstić information content (AvgIpc) is 2.35. The van der Waals surface area contributed by atoms with Crippen LogP contribution in [0.1, 0.15) is 5.56 Å². The van der Waals surface area contributed by atoms with Gasteiger partial charge in [-0.25, -0.2) is 4.39 Å². The molecule has 0 unspecified atom stereocenters. The Bertz CT molecular complexity index is 569. The summed E-state index contributed by atoms with van der Waals surface area (Å²) >= 11 is 3.39. The second-order valence-corrected chi connectivity index (χ2v) is 4.87. The van der Waals surface area contributed by atoms with Crippen molar-refractivity contribution in [3.05, 3.63) is 52.3 Å². The maximum Gasteiger partial charge on any atom is 0.133 e. The number of rotatable bonds is 4. The molecule has 0 fully saturated rings. The summed E-state index contributed by atoms with van der Waals surface area (Å²) < 4.78 is 19.1. The van der Waals surface area contributed by atoms with Crippen LogP contribution >= 0.6 is 15.9 Å². The van der Waals surface area contributed by atoms with Gasteiger partial charge in [0.25, 0.3) is 0 Å². The van der Waals surface area contributed by atoms with Gasteiger partial charge in [-0.1, -0.05) is 0 Å². The highest BCUT2D eigenvalue weighted by atomic mass is 79.9. The predicted molar refractivity (Wildman–Crippen MR) is 76.1 cm³/mol. The van der Waals surface area contributed by atoms with Crippen LogP contribution in [0.5, 0.6) is 11.5 Å². The van der Waals surface area contributed by atoms with Gasteiger partial charge < -0.3 is 15.2 Å². The van der Waals surface area contributed by atoms with E-state index in [2.05, 4.69) is 21.2 Å². The predicted octanol–water partition coefficient (Wildman–Crippen LogP) is 3.91. The lowest BCUT2D eigenvalue weighted by molar-refractivity contribution is 0.412. The molecule has 0 aromatic heterocycles. The van der Waals surface area contributed by atoms with Gasteiger partial charge in [-0.05, 0) is 51.8 Å². The third kappa shape index (κ3) is 3.61. The Morgan fingerprint density at radius 1 is 1.26 bits per heavy atom. The van der Waals surface area contributed by atoms with Gasteiger partial charge in [0.2, 0.25) is 0 Å². The minimum atomic E-state index is -0.451. The molecule has 19 heavy (non-hydrogen) atoms. The van der Waals surface area contributed by atoms with E-state index in [4.69, 9.17) is 4.74 Å². The number of nitrogens with one attached hydrogen (secondary N) is 1. The van der Waals surface area contributed by atoms with Gasteiger partial charge in [-0.15, -0.1) is 0 Å². The Balaban J connectivity index is 2.08. The summed E-state index contributed by atoms with van der Waals surface area (Å²) in [5.41, 5.74) is 1.54. The van der Waals surface area contributed by atoms with Crippen LogP contribution < -0.4 is 10.1 Å². The van der Waals surface area contributed by atoms with Crippen LogP contribution in [0.15, 0.2) is 40.9 Å². The highest BCUT2D eigenvalue weighted by Gasteiger charge is 2.03. The lowest BCUT2D eigenvalue weighted by Crippen LogP contribution is -2.00. The summed E-state index contributed by atoms with van der Waals surface area (Å²) in [5, 5.41) is 12.5. The van der Waals surface area contributed by atoms with E-state index in [1.807, 2.05) is 18.2 Å². The lowest BCUT2D eigenvalue weighted by atomic mass is 10.2. The SMILES string of the molecule is COc1ccc(NCc2cc(O)cc(F)c2)cc1Br. The first-order valence-corrected chi connectivity index (χ1v) is 6.43. The molecule has 5 heteroatoms. The molecule has 2 N–H and O–H groups in total. The summed E-state index contributed by atoms with van der Waals surface area (Å²) in [6, 6.07) is 9.55. The van der Waals surface area contributed by atoms with Crippen molar-refractivity contribution < 1.29 is 14.2 Å². The van der Waals surface area contributed by atoms with E-state index in [0.717, 1.165) is 22.0 Å². The van der Waals surface area contributed by atoms with Crippen molar-refractivity contribution in [3.63, 3.8) is 0 Å². The first-order valence-electron chi connectivity index (χ1n) is 5.64. The maximum absolute atomic E-state index is 13.1. The molecule has 0 bridgehead atoms. The molecule has 3 nitrogen and oxygen atoms in total. The van der Waals surface area contributed by atoms with Gasteiger partial charge in [-0.2, -0.15) is 0 Å². The number of phenols is 1. The van der Waals surface area contributed by atoms with Crippen molar-refractivity contribution >= 4 is 21.6 Å². The van der Waals surface area contributed by atoms with Crippen LogP contribution in [0.4, 0.5) is 10.1 Å². The topological polar surface area (TPSA) is 41.5 Å². The zero-order valence-electron chi connectivity index (χ0n) is 10.3. The number of aromatic hydroxyl groups is 1. The standard InChI is InChI=1S/C14H13BrFNO2/c1-19-14-3-2-11(7-13(14)15)17-8-9-4-10(16)6-12(18)5-9/h2-7,17-18H,8H2,1H3. The zero-order valence-corrected chi connectivity index (χ0v) is 11.9. The number of benzene rings is 2. The first-order chi connectivity index (χ1) is 9.08. The number of anilines is 1. The number of phenolic OH excluding ortho intramolecular Hbond substituents is 1. The molecule has 0 aliphatic rings. The van der Waals surface area contributed by atoms with Gasteiger partial charge in [0, 0.05) is 18.3 Å². The summed E-state index contributed by atoms with van der Waals surface area (Å²) in [7, 11) is 1.60. The zero-order chi connectivity index (χ0) is 13.8. The maximum atomic E-state index is 13.1. The van der Waals surface area contributed by atoms with Gasteiger partial charge in [-0.3, -0.25) is 0 Å². The fourth-order valence-corrected chi connectivity index (χ4v) is 2.26. The van der Waals surface area contributed by atoms with Crippen molar-refractivity contribution in [2.45, 2.75) is 6.54 Å². The number of ether oxygens (including phenoxy) is 1. The molecule has 0 saturated carbocycles. The third-order valence-electron chi connectivity index (χ3n) is 2.59. The van der Waals surface area contributed by atoms with Crippen LogP contribution in [-0.2, 0) is 6.54 Å². The van der Waals surface area contributed by atoms with E-state index in [-0.39, 0.29) is 5.75 Å². The summed E-state index contributed by atoms with van der Waals surface area (Å²) in [6.45, 7) is 0.421. The van der Waals surface area contributed by atoms with Crippen LogP contribution in [0.2, 0.25) is 0 Å². The molecule has 100 valence electrons. The largest absolute Gasteiger partial charge is 0.508 e. The molecular weight excluding hydrogens is 313 g/mol. The lowest BCUT2D eigenvalue weighted by Gasteiger charge is -2.09. The van der Waals surface area contributed by atoms with E-state index >= 15 is 0 Å². The number of halogens is 2. The van der Waals surface area contributed by atoms with Crippen molar-refractivity contribution in [3.8, 4) is 11.5 Å². The molecule has 0 atom stereocenters. The molecule has 2 rings (SSSR count). The number of hydrogen-bond acceptors (Lipinski definition) is 3. The molecule has 0 heterocycles. The Labute approximate surface area is 119 Å². The molecule has 0 amide bonds. The Morgan fingerprint density at radius 2 is 2.05 bits per heavy atom. The van der Waals surface area contributed by atoms with Gasteiger partial charge >= 0.3 is 0 Å². The minimum Gasteiger partial charge on any atom is -0.508 e. The fraction of sp³-hybridized carbons (Fsp3) is 0.143. The van der Waals surface area contributed by atoms with Crippen LogP contribution in [0, 0.1) is 5.82 Å². The van der Waals surface area contributed by atoms with Gasteiger partial charge in [0.05, 0.1) is 11.6 Å². The second-order valence-electron chi connectivity index (χ2n) is 4.02. The molecule has 0 aliphatic carbocycles. The average molecular weight is 326 g/mol. The molecule has 0 radical (unpaired) electrons. The van der Waals surface area contributed by atoms with Crippen molar-refractivity contribution in [2.24, 2.45) is 0 Å². The van der Waals surface area contributed by atoms with Crippen molar-refractivity contribution in [1.82, 2.24) is 0 Å².